The Morgan fingerprint density at radius 1 is 1.30 bits per heavy atom. The summed E-state index contributed by atoms with van der Waals surface area (Å²) in [5.41, 5.74) is 0.927. The summed E-state index contributed by atoms with van der Waals surface area (Å²) in [6, 6.07) is 9.30. The van der Waals surface area contributed by atoms with Crippen LogP contribution in [0.5, 0.6) is 0 Å². The maximum atomic E-state index is 13.1. The summed E-state index contributed by atoms with van der Waals surface area (Å²) in [6.45, 7) is 1.51. The zero-order valence-corrected chi connectivity index (χ0v) is 17.4. The molecule has 2 heterocycles. The fraction of sp³-hybridized carbons (Fsp3) is 0.400. The first kappa shape index (κ1) is 20.5. The van der Waals surface area contributed by atoms with Crippen molar-refractivity contribution in [1.82, 2.24) is 4.98 Å². The summed E-state index contributed by atoms with van der Waals surface area (Å²) in [6.07, 6.45) is 6.21. The van der Waals surface area contributed by atoms with Gasteiger partial charge in [0.25, 0.3) is 0 Å². The predicted molar refractivity (Wildman–Crippen MR) is 112 cm³/mol. The second kappa shape index (κ2) is 9.78. The van der Waals surface area contributed by atoms with Crippen molar-refractivity contribution in [2.24, 2.45) is 5.92 Å². The Bertz CT molecular complexity index is 780. The molecule has 1 fully saturated rings. The number of anilines is 1. The van der Waals surface area contributed by atoms with E-state index in [-0.39, 0.29) is 11.8 Å². The number of carbonyl (C=O) groups is 1. The van der Waals surface area contributed by atoms with E-state index >= 15 is 0 Å². The SMILES string of the molecule is CSc1ccc(C(CC2CCOCC2)C(=O)Nc2ccc(Cl)cn2)cc1Cl. The highest BCUT2D eigenvalue weighted by atomic mass is 35.5. The van der Waals surface area contributed by atoms with Gasteiger partial charge in [-0.2, -0.15) is 0 Å². The Kier molecular flexibility index (Phi) is 7.41. The molecule has 27 heavy (non-hydrogen) atoms. The molecule has 1 atom stereocenters. The van der Waals surface area contributed by atoms with Crippen molar-refractivity contribution in [1.29, 1.82) is 0 Å². The minimum Gasteiger partial charge on any atom is -0.381 e. The Hall–Kier alpha value is -1.27. The van der Waals surface area contributed by atoms with Crippen LogP contribution in [0.25, 0.3) is 0 Å². The number of hydrogen-bond acceptors (Lipinski definition) is 4. The van der Waals surface area contributed by atoms with Crippen LogP contribution in [0.15, 0.2) is 41.4 Å². The summed E-state index contributed by atoms with van der Waals surface area (Å²) in [4.78, 5) is 18.3. The molecular weight excluding hydrogens is 403 g/mol. The van der Waals surface area contributed by atoms with Crippen molar-refractivity contribution < 1.29 is 9.53 Å². The van der Waals surface area contributed by atoms with Gasteiger partial charge in [0, 0.05) is 24.3 Å². The largest absolute Gasteiger partial charge is 0.381 e. The first-order valence-corrected chi connectivity index (χ1v) is 10.9. The third-order valence-electron chi connectivity index (χ3n) is 4.78. The number of benzene rings is 1. The summed E-state index contributed by atoms with van der Waals surface area (Å²) < 4.78 is 5.46. The van der Waals surface area contributed by atoms with E-state index in [2.05, 4.69) is 10.3 Å². The Labute approximate surface area is 174 Å². The Morgan fingerprint density at radius 2 is 2.07 bits per heavy atom. The van der Waals surface area contributed by atoms with Gasteiger partial charge in [0.05, 0.1) is 16.0 Å². The van der Waals surface area contributed by atoms with Crippen LogP contribution in [-0.2, 0) is 9.53 Å². The molecule has 0 spiro atoms. The molecule has 144 valence electrons. The Morgan fingerprint density at radius 3 is 2.70 bits per heavy atom. The van der Waals surface area contributed by atoms with Gasteiger partial charge in [0.2, 0.25) is 5.91 Å². The molecule has 2 aromatic rings. The lowest BCUT2D eigenvalue weighted by Gasteiger charge is -2.26. The van der Waals surface area contributed by atoms with Crippen molar-refractivity contribution in [3.8, 4) is 0 Å². The van der Waals surface area contributed by atoms with Crippen LogP contribution in [0.1, 0.15) is 30.7 Å². The molecule has 1 aliphatic rings. The maximum Gasteiger partial charge on any atom is 0.233 e. The highest BCUT2D eigenvalue weighted by Gasteiger charge is 2.27. The molecule has 0 saturated carbocycles. The second-order valence-corrected chi connectivity index (χ2v) is 8.28. The molecule has 1 aliphatic heterocycles. The highest BCUT2D eigenvalue weighted by molar-refractivity contribution is 7.98. The number of rotatable bonds is 6. The summed E-state index contributed by atoms with van der Waals surface area (Å²) in [5, 5.41) is 4.13. The normalized spacial score (nSPS) is 16.1. The number of aromatic nitrogens is 1. The van der Waals surface area contributed by atoms with E-state index in [1.165, 1.54) is 6.20 Å². The van der Waals surface area contributed by atoms with Crippen molar-refractivity contribution in [3.63, 3.8) is 0 Å². The van der Waals surface area contributed by atoms with Gasteiger partial charge in [-0.3, -0.25) is 4.79 Å². The fourth-order valence-electron chi connectivity index (χ4n) is 3.27. The molecule has 1 unspecified atom stereocenters. The van der Waals surface area contributed by atoms with Gasteiger partial charge < -0.3 is 10.1 Å². The number of thioether (sulfide) groups is 1. The number of pyridine rings is 1. The first-order valence-electron chi connectivity index (χ1n) is 8.90. The Balaban J connectivity index is 1.82. The molecule has 1 aromatic carbocycles. The smallest absolute Gasteiger partial charge is 0.233 e. The van der Waals surface area contributed by atoms with Gasteiger partial charge >= 0.3 is 0 Å². The van der Waals surface area contributed by atoms with Gasteiger partial charge in [-0.05, 0) is 61.3 Å². The van der Waals surface area contributed by atoms with E-state index in [0.717, 1.165) is 42.9 Å². The number of halogens is 2. The maximum absolute atomic E-state index is 13.1. The van der Waals surface area contributed by atoms with Gasteiger partial charge in [0.1, 0.15) is 5.82 Å². The number of ether oxygens (including phenoxy) is 1. The topological polar surface area (TPSA) is 51.2 Å². The number of nitrogens with zero attached hydrogens (tertiary/aromatic N) is 1. The van der Waals surface area contributed by atoms with Crippen molar-refractivity contribution in [2.75, 3.05) is 24.8 Å². The van der Waals surface area contributed by atoms with E-state index in [1.54, 1.807) is 23.9 Å². The lowest BCUT2D eigenvalue weighted by atomic mass is 9.84. The van der Waals surface area contributed by atoms with Crippen LogP contribution in [-0.4, -0.2) is 30.4 Å². The number of nitrogens with one attached hydrogen (secondary N) is 1. The number of amides is 1. The molecule has 0 bridgehead atoms. The predicted octanol–water partition coefficient (Wildman–Crippen LogP) is 5.65. The molecule has 1 aromatic heterocycles. The van der Waals surface area contributed by atoms with Crippen molar-refractivity contribution in [2.45, 2.75) is 30.1 Å². The summed E-state index contributed by atoms with van der Waals surface area (Å²) >= 11 is 13.9. The third kappa shape index (κ3) is 5.61. The quantitative estimate of drug-likeness (QED) is 0.608. The molecule has 1 amide bonds. The van der Waals surface area contributed by atoms with Crippen LogP contribution in [0.4, 0.5) is 5.82 Å². The van der Waals surface area contributed by atoms with Crippen LogP contribution in [0.2, 0.25) is 10.0 Å². The zero-order chi connectivity index (χ0) is 19.2. The van der Waals surface area contributed by atoms with Crippen molar-refractivity contribution >= 4 is 46.7 Å². The molecule has 1 saturated heterocycles. The average molecular weight is 425 g/mol. The molecule has 1 N–H and O–H groups in total. The van der Waals surface area contributed by atoms with E-state index in [9.17, 15) is 4.79 Å². The molecule has 0 aliphatic carbocycles. The van der Waals surface area contributed by atoms with E-state index < -0.39 is 0 Å². The lowest BCUT2D eigenvalue weighted by molar-refractivity contribution is -0.118. The molecule has 3 rings (SSSR count). The summed E-state index contributed by atoms with van der Waals surface area (Å²) in [5.74, 6) is 0.572. The monoisotopic (exact) mass is 424 g/mol. The van der Waals surface area contributed by atoms with Crippen LogP contribution in [0.3, 0.4) is 0 Å². The fourth-order valence-corrected chi connectivity index (χ4v) is 4.26. The number of hydrogen-bond donors (Lipinski definition) is 1. The average Bonchev–Trinajstić information content (AvgIpc) is 2.68. The van der Waals surface area contributed by atoms with E-state index in [1.807, 2.05) is 24.5 Å². The van der Waals surface area contributed by atoms with E-state index in [4.69, 9.17) is 27.9 Å². The highest BCUT2D eigenvalue weighted by Crippen LogP contribution is 2.34. The third-order valence-corrected chi connectivity index (χ3v) is 6.23. The molecule has 0 radical (unpaired) electrons. The van der Waals surface area contributed by atoms with Gasteiger partial charge in [-0.25, -0.2) is 4.98 Å². The van der Waals surface area contributed by atoms with Gasteiger partial charge in [-0.1, -0.05) is 29.3 Å². The van der Waals surface area contributed by atoms with Gasteiger partial charge in [0.15, 0.2) is 0 Å². The number of carbonyl (C=O) groups excluding carboxylic acids is 1. The first-order chi connectivity index (χ1) is 13.1. The van der Waals surface area contributed by atoms with Crippen LogP contribution in [0, 0.1) is 5.92 Å². The second-order valence-electron chi connectivity index (χ2n) is 6.59. The zero-order valence-electron chi connectivity index (χ0n) is 15.1. The van der Waals surface area contributed by atoms with Gasteiger partial charge in [-0.15, -0.1) is 11.8 Å². The van der Waals surface area contributed by atoms with Crippen LogP contribution >= 0.6 is 35.0 Å². The molecule has 7 heteroatoms. The van der Waals surface area contributed by atoms with Crippen LogP contribution < -0.4 is 5.32 Å². The lowest BCUT2D eigenvalue weighted by Crippen LogP contribution is -2.26. The summed E-state index contributed by atoms with van der Waals surface area (Å²) in [7, 11) is 0. The van der Waals surface area contributed by atoms with E-state index in [0.29, 0.717) is 21.8 Å². The minimum atomic E-state index is -0.293. The van der Waals surface area contributed by atoms with Crippen molar-refractivity contribution in [3.05, 3.63) is 52.1 Å². The minimum absolute atomic E-state index is 0.0794. The molecule has 4 nitrogen and oxygen atoms in total. The standard InChI is InChI=1S/C20H22Cl2N2O2S/c1-27-18-4-2-14(11-17(18)22)16(10-13-6-8-26-9-7-13)20(25)24-19-5-3-15(21)12-23-19/h2-5,11-13,16H,6-10H2,1H3,(H,23,24,25). The molecular formula is C20H22Cl2N2O2S.